The van der Waals surface area contributed by atoms with E-state index in [1.165, 1.54) is 18.3 Å². The van der Waals surface area contributed by atoms with Crippen molar-refractivity contribution in [2.75, 3.05) is 0 Å². The van der Waals surface area contributed by atoms with E-state index in [9.17, 15) is 9.59 Å². The summed E-state index contributed by atoms with van der Waals surface area (Å²) in [4.78, 5) is 25.6. The number of ether oxygens (including phenoxy) is 1. The van der Waals surface area contributed by atoms with Crippen LogP contribution in [0.4, 0.5) is 0 Å². The minimum atomic E-state index is -0.757. The zero-order chi connectivity index (χ0) is 16.6. The predicted molar refractivity (Wildman–Crippen MR) is 91.1 cm³/mol. The minimum Gasteiger partial charge on any atom is -0.485 e. The Kier molecular flexibility index (Phi) is 4.37. The largest absolute Gasteiger partial charge is 0.485 e. The van der Waals surface area contributed by atoms with Gasteiger partial charge in [-0.15, -0.1) is 11.3 Å². The van der Waals surface area contributed by atoms with Crippen LogP contribution in [0.3, 0.4) is 0 Å². The van der Waals surface area contributed by atoms with E-state index in [0.717, 1.165) is 5.56 Å². The quantitative estimate of drug-likeness (QED) is 0.758. The van der Waals surface area contributed by atoms with Crippen molar-refractivity contribution >= 4 is 34.5 Å². The molecule has 3 rings (SSSR count). The van der Waals surface area contributed by atoms with Crippen molar-refractivity contribution in [1.29, 1.82) is 0 Å². The van der Waals surface area contributed by atoms with Crippen molar-refractivity contribution < 1.29 is 14.3 Å². The van der Waals surface area contributed by atoms with Gasteiger partial charge in [0.25, 0.3) is 0 Å². The highest BCUT2D eigenvalue weighted by Gasteiger charge is 2.43. The molecule has 0 unspecified atom stereocenters. The molecular formula is C18H15ClO3S. The molecule has 1 aromatic heterocycles. The van der Waals surface area contributed by atoms with Gasteiger partial charge in [0.1, 0.15) is 5.76 Å². The van der Waals surface area contributed by atoms with Gasteiger partial charge in [-0.1, -0.05) is 35.9 Å². The second-order valence-electron chi connectivity index (χ2n) is 5.41. The Balaban J connectivity index is 2.09. The topological polar surface area (TPSA) is 43.4 Å². The molecule has 1 aliphatic rings. The number of thiophene rings is 1. The molecule has 23 heavy (non-hydrogen) atoms. The van der Waals surface area contributed by atoms with Gasteiger partial charge in [0, 0.05) is 10.6 Å². The molecular weight excluding hydrogens is 332 g/mol. The van der Waals surface area contributed by atoms with Crippen molar-refractivity contribution in [2.24, 2.45) is 0 Å². The van der Waals surface area contributed by atoms with E-state index in [0.29, 0.717) is 21.2 Å². The summed E-state index contributed by atoms with van der Waals surface area (Å²) in [6.07, 6.45) is -0.757. The Bertz CT molecular complexity index is 792. The monoisotopic (exact) mass is 346 g/mol. The molecule has 0 aliphatic carbocycles. The van der Waals surface area contributed by atoms with Crippen molar-refractivity contribution in [2.45, 2.75) is 25.9 Å². The highest BCUT2D eigenvalue weighted by Crippen LogP contribution is 2.43. The van der Waals surface area contributed by atoms with Gasteiger partial charge in [0.05, 0.1) is 10.8 Å². The number of ketones is 2. The van der Waals surface area contributed by atoms with Crippen molar-refractivity contribution in [1.82, 2.24) is 0 Å². The maximum Gasteiger partial charge on any atom is 0.214 e. The van der Waals surface area contributed by atoms with Gasteiger partial charge in [-0.2, -0.15) is 0 Å². The lowest BCUT2D eigenvalue weighted by atomic mass is 9.84. The number of benzene rings is 1. The van der Waals surface area contributed by atoms with Crippen LogP contribution in [0.5, 0.6) is 0 Å². The first-order valence-corrected chi connectivity index (χ1v) is 8.47. The molecule has 2 atom stereocenters. The van der Waals surface area contributed by atoms with Crippen molar-refractivity contribution in [3.05, 3.63) is 68.6 Å². The van der Waals surface area contributed by atoms with Crippen molar-refractivity contribution in [3.8, 4) is 0 Å². The first-order valence-electron chi connectivity index (χ1n) is 7.21. The Morgan fingerprint density at radius 2 is 1.91 bits per heavy atom. The summed E-state index contributed by atoms with van der Waals surface area (Å²) in [7, 11) is 0. The highest BCUT2D eigenvalue weighted by molar-refractivity contribution is 7.12. The summed E-state index contributed by atoms with van der Waals surface area (Å²) in [5, 5.41) is 2.37. The van der Waals surface area contributed by atoms with Crippen LogP contribution in [0.2, 0.25) is 5.02 Å². The summed E-state index contributed by atoms with van der Waals surface area (Å²) in [5.41, 5.74) is 1.26. The number of allylic oxidation sites excluding steroid dienone is 1. The molecule has 118 valence electrons. The molecule has 2 heterocycles. The third-order valence-corrected chi connectivity index (χ3v) is 5.17. The lowest BCUT2D eigenvalue weighted by Crippen LogP contribution is -2.28. The average Bonchev–Trinajstić information content (AvgIpc) is 3.14. The van der Waals surface area contributed by atoms with Crippen LogP contribution < -0.4 is 0 Å². The Labute approximate surface area is 143 Å². The third-order valence-electron chi connectivity index (χ3n) is 3.94. The van der Waals surface area contributed by atoms with E-state index >= 15 is 0 Å². The van der Waals surface area contributed by atoms with E-state index in [1.54, 1.807) is 19.1 Å². The van der Waals surface area contributed by atoms with Crippen LogP contribution in [0.1, 0.15) is 35.0 Å². The van der Waals surface area contributed by atoms with Gasteiger partial charge in [0.2, 0.25) is 5.78 Å². The fourth-order valence-corrected chi connectivity index (χ4v) is 3.92. The lowest BCUT2D eigenvalue weighted by molar-refractivity contribution is -0.113. The van der Waals surface area contributed by atoms with E-state index < -0.39 is 12.0 Å². The maximum absolute atomic E-state index is 12.8. The molecule has 0 spiro atoms. The number of hydrogen-bond acceptors (Lipinski definition) is 4. The second-order valence-corrected chi connectivity index (χ2v) is 6.76. The van der Waals surface area contributed by atoms with Crippen LogP contribution in [-0.4, -0.2) is 17.7 Å². The number of halogens is 1. The molecule has 0 bridgehead atoms. The van der Waals surface area contributed by atoms with Gasteiger partial charge in [-0.05, 0) is 36.9 Å². The van der Waals surface area contributed by atoms with E-state index in [-0.39, 0.29) is 11.6 Å². The molecule has 0 saturated heterocycles. The normalized spacial score (nSPS) is 20.5. The van der Waals surface area contributed by atoms with Crippen LogP contribution in [0.25, 0.3) is 0 Å². The van der Waals surface area contributed by atoms with E-state index in [1.807, 2.05) is 29.6 Å². The van der Waals surface area contributed by atoms with Crippen molar-refractivity contribution in [3.63, 3.8) is 0 Å². The maximum atomic E-state index is 12.8. The average molecular weight is 347 g/mol. The Morgan fingerprint density at radius 1 is 1.17 bits per heavy atom. The summed E-state index contributed by atoms with van der Waals surface area (Å²) in [6.45, 7) is 3.21. The number of hydrogen-bond donors (Lipinski definition) is 0. The predicted octanol–water partition coefficient (Wildman–Crippen LogP) is 4.63. The molecule has 0 amide bonds. The molecule has 5 heteroatoms. The zero-order valence-corrected chi connectivity index (χ0v) is 14.3. The number of rotatable bonds is 4. The smallest absolute Gasteiger partial charge is 0.214 e. The fourth-order valence-electron chi connectivity index (χ4n) is 2.97. The van der Waals surface area contributed by atoms with Crippen LogP contribution in [0.15, 0.2) is 53.1 Å². The van der Waals surface area contributed by atoms with Gasteiger partial charge < -0.3 is 4.74 Å². The molecule has 1 aliphatic heterocycles. The molecule has 1 aromatic carbocycles. The van der Waals surface area contributed by atoms with Gasteiger partial charge >= 0.3 is 0 Å². The molecule has 0 fully saturated rings. The molecule has 3 nitrogen and oxygen atoms in total. The standard InChI is InChI=1S/C18H15ClO3S/c1-10(20)15-11(2)22-18(17(21)14-8-5-9-23-14)16(15)12-6-3-4-7-13(12)19/h3-9,16,18H,1-2H3/t16-,18-/m1/s1. The van der Waals surface area contributed by atoms with E-state index in [2.05, 4.69) is 0 Å². The highest BCUT2D eigenvalue weighted by atomic mass is 35.5. The van der Waals surface area contributed by atoms with Gasteiger partial charge in [-0.3, -0.25) is 9.59 Å². The molecule has 0 radical (unpaired) electrons. The fraction of sp³-hybridized carbons (Fsp3) is 0.222. The Hall–Kier alpha value is -1.91. The summed E-state index contributed by atoms with van der Waals surface area (Å²) < 4.78 is 5.80. The SMILES string of the molecule is CC(=O)C1=C(C)O[C@@H](C(=O)c2cccs2)[C@@H]1c1ccccc1Cl. The Morgan fingerprint density at radius 3 is 2.52 bits per heavy atom. The number of carbonyl (C=O) groups excluding carboxylic acids is 2. The molecule has 0 saturated carbocycles. The van der Waals surface area contributed by atoms with Crippen LogP contribution >= 0.6 is 22.9 Å². The number of Topliss-reactive ketones (excluding diaryl/α,β-unsaturated/α-hetero) is 2. The summed E-state index contributed by atoms with van der Waals surface area (Å²) in [5.74, 6) is -0.206. The minimum absolute atomic E-state index is 0.103. The third kappa shape index (κ3) is 2.84. The summed E-state index contributed by atoms with van der Waals surface area (Å²) in [6, 6.07) is 10.9. The first kappa shape index (κ1) is 16.0. The lowest BCUT2D eigenvalue weighted by Gasteiger charge is -2.20. The zero-order valence-electron chi connectivity index (χ0n) is 12.7. The van der Waals surface area contributed by atoms with Gasteiger partial charge in [-0.25, -0.2) is 0 Å². The van der Waals surface area contributed by atoms with Crippen LogP contribution in [0, 0.1) is 0 Å². The second kappa shape index (κ2) is 6.30. The van der Waals surface area contributed by atoms with Crippen LogP contribution in [-0.2, 0) is 9.53 Å². The van der Waals surface area contributed by atoms with E-state index in [4.69, 9.17) is 16.3 Å². The number of carbonyl (C=O) groups is 2. The van der Waals surface area contributed by atoms with Gasteiger partial charge in [0.15, 0.2) is 11.9 Å². The first-order chi connectivity index (χ1) is 11.0. The molecule has 2 aromatic rings. The summed E-state index contributed by atoms with van der Waals surface area (Å²) >= 11 is 7.68. The molecule has 0 N–H and O–H groups in total.